The van der Waals surface area contributed by atoms with Crippen molar-refractivity contribution in [3.8, 4) is 11.5 Å². The Bertz CT molecular complexity index is 1020. The van der Waals surface area contributed by atoms with Crippen molar-refractivity contribution in [1.82, 2.24) is 4.90 Å². The summed E-state index contributed by atoms with van der Waals surface area (Å²) in [6.07, 6.45) is 1.60. The van der Waals surface area contributed by atoms with Crippen LogP contribution in [0.2, 0.25) is 5.02 Å². The van der Waals surface area contributed by atoms with Crippen molar-refractivity contribution in [2.45, 2.75) is 58.2 Å². The maximum Gasteiger partial charge on any atom is 0.266 e. The summed E-state index contributed by atoms with van der Waals surface area (Å²) in [6.45, 7) is 8.62. The zero-order valence-electron chi connectivity index (χ0n) is 18.5. The molecule has 0 unspecified atom stereocenters. The molecule has 1 amide bonds. The van der Waals surface area contributed by atoms with Crippen LogP contribution in [-0.2, 0) is 4.79 Å². The first-order chi connectivity index (χ1) is 14.6. The fourth-order valence-electron chi connectivity index (χ4n) is 4.40. The number of aryl methyl sites for hydroxylation is 1. The highest BCUT2D eigenvalue weighted by atomic mass is 35.5. The lowest BCUT2D eigenvalue weighted by molar-refractivity contribution is -0.149. The first-order valence-corrected chi connectivity index (χ1v) is 11.0. The fraction of sp³-hybridized carbons (Fsp3) is 0.440. The zero-order valence-corrected chi connectivity index (χ0v) is 19.2. The Morgan fingerprint density at radius 1 is 1.10 bits per heavy atom. The first-order valence-electron chi connectivity index (χ1n) is 10.7. The summed E-state index contributed by atoms with van der Waals surface area (Å²) < 4.78 is 12.4. The SMILES string of the molecule is Cc1ccc2c(c1C)OC1(CCN(C(=O)C(C)(C)Oc3ccc(Cl)cc3)CC1)CC2=O. The van der Waals surface area contributed by atoms with Crippen LogP contribution in [0.4, 0.5) is 0 Å². The van der Waals surface area contributed by atoms with E-state index in [0.717, 1.165) is 11.1 Å². The summed E-state index contributed by atoms with van der Waals surface area (Å²) >= 11 is 5.93. The van der Waals surface area contributed by atoms with Crippen LogP contribution in [0.3, 0.4) is 0 Å². The largest absolute Gasteiger partial charge is 0.486 e. The molecule has 0 saturated carbocycles. The van der Waals surface area contributed by atoms with Crippen LogP contribution in [0.15, 0.2) is 36.4 Å². The van der Waals surface area contributed by atoms with Gasteiger partial charge in [-0.2, -0.15) is 0 Å². The number of halogens is 1. The third-order valence-corrected chi connectivity index (χ3v) is 6.69. The lowest BCUT2D eigenvalue weighted by Gasteiger charge is -2.45. The number of nitrogens with zero attached hydrogens (tertiary/aromatic N) is 1. The van der Waals surface area contributed by atoms with Gasteiger partial charge in [-0.3, -0.25) is 9.59 Å². The Morgan fingerprint density at radius 3 is 2.39 bits per heavy atom. The molecule has 0 bridgehead atoms. The highest BCUT2D eigenvalue weighted by Gasteiger charge is 2.46. The molecular weight excluding hydrogens is 414 g/mol. The normalized spacial score (nSPS) is 17.8. The molecule has 31 heavy (non-hydrogen) atoms. The molecule has 1 saturated heterocycles. The van der Waals surface area contributed by atoms with Crippen molar-refractivity contribution in [1.29, 1.82) is 0 Å². The van der Waals surface area contributed by atoms with Crippen molar-refractivity contribution in [3.63, 3.8) is 0 Å². The van der Waals surface area contributed by atoms with Crippen LogP contribution in [0.5, 0.6) is 11.5 Å². The second kappa shape index (κ2) is 7.86. The van der Waals surface area contributed by atoms with Crippen LogP contribution < -0.4 is 9.47 Å². The second-order valence-electron chi connectivity index (χ2n) is 9.13. The van der Waals surface area contributed by atoms with E-state index in [1.165, 1.54) is 0 Å². The number of Topliss-reactive ketones (excluding diaryl/α,β-unsaturated/α-hetero) is 1. The highest BCUT2D eigenvalue weighted by molar-refractivity contribution is 6.30. The third-order valence-electron chi connectivity index (χ3n) is 6.44. The van der Waals surface area contributed by atoms with E-state index in [1.54, 1.807) is 38.1 Å². The molecule has 2 aliphatic heterocycles. The van der Waals surface area contributed by atoms with Gasteiger partial charge < -0.3 is 14.4 Å². The lowest BCUT2D eigenvalue weighted by atomic mass is 9.81. The minimum absolute atomic E-state index is 0.0770. The quantitative estimate of drug-likeness (QED) is 0.661. The first kappa shape index (κ1) is 21.7. The van der Waals surface area contributed by atoms with Crippen LogP contribution in [0.25, 0.3) is 0 Å². The molecular formula is C25H28ClNO4. The number of carbonyl (C=O) groups is 2. The number of benzene rings is 2. The second-order valence-corrected chi connectivity index (χ2v) is 9.56. The molecule has 164 valence electrons. The van der Waals surface area contributed by atoms with Gasteiger partial charge in [0.25, 0.3) is 5.91 Å². The summed E-state index contributed by atoms with van der Waals surface area (Å²) in [6, 6.07) is 10.8. The maximum absolute atomic E-state index is 13.2. The Balaban J connectivity index is 1.45. The average Bonchev–Trinajstić information content (AvgIpc) is 2.73. The number of ketones is 1. The molecule has 0 aliphatic carbocycles. The van der Waals surface area contributed by atoms with Gasteiger partial charge >= 0.3 is 0 Å². The number of amides is 1. The standard InChI is InChI=1S/C25H28ClNO4/c1-16-5-10-20-21(28)15-25(31-22(20)17(16)2)11-13-27(14-12-25)23(29)24(3,4)30-19-8-6-18(26)7-9-19/h5-10H,11-15H2,1-4H3. The highest BCUT2D eigenvalue weighted by Crippen LogP contribution is 2.42. The van der Waals surface area contributed by atoms with Gasteiger partial charge in [-0.05, 0) is 69.2 Å². The lowest BCUT2D eigenvalue weighted by Crippen LogP contribution is -2.56. The molecule has 2 aliphatic rings. The summed E-state index contributed by atoms with van der Waals surface area (Å²) in [5, 5.41) is 0.617. The molecule has 6 heteroatoms. The maximum atomic E-state index is 13.2. The molecule has 1 spiro atoms. The van der Waals surface area contributed by atoms with Crippen molar-refractivity contribution in [3.05, 3.63) is 58.1 Å². The van der Waals surface area contributed by atoms with Gasteiger partial charge in [0.1, 0.15) is 17.1 Å². The van der Waals surface area contributed by atoms with E-state index < -0.39 is 11.2 Å². The van der Waals surface area contributed by atoms with Gasteiger partial charge in [-0.15, -0.1) is 0 Å². The molecule has 0 N–H and O–H groups in total. The van der Waals surface area contributed by atoms with Gasteiger partial charge in [0, 0.05) is 31.0 Å². The van der Waals surface area contributed by atoms with Crippen molar-refractivity contribution >= 4 is 23.3 Å². The third kappa shape index (κ3) is 4.16. The molecule has 2 aromatic rings. The Labute approximate surface area is 188 Å². The van der Waals surface area contributed by atoms with Crippen LogP contribution in [0.1, 0.15) is 54.6 Å². The molecule has 2 heterocycles. The van der Waals surface area contributed by atoms with Gasteiger partial charge in [-0.1, -0.05) is 17.7 Å². The van der Waals surface area contributed by atoms with Crippen molar-refractivity contribution < 1.29 is 19.1 Å². The van der Waals surface area contributed by atoms with E-state index in [4.69, 9.17) is 21.1 Å². The average molecular weight is 442 g/mol. The van der Waals surface area contributed by atoms with E-state index >= 15 is 0 Å². The number of rotatable bonds is 3. The Hall–Kier alpha value is -2.53. The van der Waals surface area contributed by atoms with Crippen molar-refractivity contribution in [2.75, 3.05) is 13.1 Å². The molecule has 0 atom stereocenters. The van der Waals surface area contributed by atoms with E-state index in [0.29, 0.717) is 54.4 Å². The van der Waals surface area contributed by atoms with Crippen LogP contribution in [-0.4, -0.2) is 40.9 Å². The van der Waals surface area contributed by atoms with Crippen molar-refractivity contribution in [2.24, 2.45) is 0 Å². The number of piperidine rings is 1. The molecule has 4 rings (SSSR count). The predicted molar refractivity (Wildman–Crippen MR) is 120 cm³/mol. The summed E-state index contributed by atoms with van der Waals surface area (Å²) in [4.78, 5) is 27.8. The minimum atomic E-state index is -1.01. The Morgan fingerprint density at radius 2 is 1.74 bits per heavy atom. The van der Waals surface area contributed by atoms with E-state index in [9.17, 15) is 9.59 Å². The van der Waals surface area contributed by atoms with E-state index in [1.807, 2.05) is 30.9 Å². The molecule has 2 aromatic carbocycles. The molecule has 5 nitrogen and oxygen atoms in total. The number of hydrogen-bond donors (Lipinski definition) is 0. The zero-order chi connectivity index (χ0) is 22.4. The van der Waals surface area contributed by atoms with E-state index in [2.05, 4.69) is 0 Å². The smallest absolute Gasteiger partial charge is 0.266 e. The van der Waals surface area contributed by atoms with Gasteiger partial charge in [0.05, 0.1) is 12.0 Å². The molecule has 1 fully saturated rings. The van der Waals surface area contributed by atoms with Gasteiger partial charge in [0.15, 0.2) is 11.4 Å². The summed E-state index contributed by atoms with van der Waals surface area (Å²) in [7, 11) is 0. The number of fused-ring (bicyclic) bond motifs is 1. The minimum Gasteiger partial charge on any atom is -0.486 e. The number of ether oxygens (including phenoxy) is 2. The van der Waals surface area contributed by atoms with E-state index in [-0.39, 0.29) is 11.7 Å². The van der Waals surface area contributed by atoms with Crippen LogP contribution >= 0.6 is 11.6 Å². The fourth-order valence-corrected chi connectivity index (χ4v) is 4.53. The summed E-state index contributed by atoms with van der Waals surface area (Å²) in [5.74, 6) is 1.35. The predicted octanol–water partition coefficient (Wildman–Crippen LogP) is 5.14. The van der Waals surface area contributed by atoms with Crippen LogP contribution in [0, 0.1) is 13.8 Å². The van der Waals surface area contributed by atoms with Gasteiger partial charge in [0.2, 0.25) is 0 Å². The summed E-state index contributed by atoms with van der Waals surface area (Å²) in [5.41, 5.74) is 1.24. The van der Waals surface area contributed by atoms with Gasteiger partial charge in [-0.25, -0.2) is 0 Å². The topological polar surface area (TPSA) is 55.8 Å². The molecule has 0 radical (unpaired) electrons. The number of likely N-dealkylation sites (tertiary alicyclic amines) is 1. The number of carbonyl (C=O) groups excluding carboxylic acids is 2. The molecule has 0 aromatic heterocycles. The monoisotopic (exact) mass is 441 g/mol. The number of hydrogen-bond acceptors (Lipinski definition) is 4. The Kier molecular flexibility index (Phi) is 5.50.